The monoisotopic (exact) mass is 427 g/mol. The molecule has 0 saturated heterocycles. The highest BCUT2D eigenvalue weighted by Gasteiger charge is 2.22. The second-order valence-corrected chi connectivity index (χ2v) is 8.56. The molecule has 2 aromatic heterocycles. The molecule has 1 aromatic carbocycles. The molecule has 2 heterocycles. The number of halogens is 1. The molecule has 0 aliphatic heterocycles. The lowest BCUT2D eigenvalue weighted by Gasteiger charge is -2.10. The maximum absolute atomic E-state index is 12.4. The zero-order chi connectivity index (χ0) is 19.6. The van der Waals surface area contributed by atoms with Crippen LogP contribution in [0.4, 0.5) is 11.5 Å². The van der Waals surface area contributed by atoms with Gasteiger partial charge in [0, 0.05) is 24.7 Å². The van der Waals surface area contributed by atoms with Crippen molar-refractivity contribution < 1.29 is 13.3 Å². The lowest BCUT2D eigenvalue weighted by molar-refractivity contribution is -0.385. The van der Waals surface area contributed by atoms with E-state index in [0.717, 1.165) is 16.3 Å². The summed E-state index contributed by atoms with van der Waals surface area (Å²) < 4.78 is 27.2. The first-order valence-corrected chi connectivity index (χ1v) is 10.4. The van der Waals surface area contributed by atoms with Crippen LogP contribution in [-0.2, 0) is 10.0 Å². The molecule has 0 atom stereocenters. The van der Waals surface area contributed by atoms with Crippen molar-refractivity contribution >= 4 is 54.7 Å². The number of nitro groups is 1. The molecule has 0 unspecified atom stereocenters. The zero-order valence-electron chi connectivity index (χ0n) is 14.0. The number of fused-ring (bicyclic) bond motifs is 1. The summed E-state index contributed by atoms with van der Waals surface area (Å²) in [7, 11) is -3.95. The molecule has 0 saturated carbocycles. The van der Waals surface area contributed by atoms with E-state index >= 15 is 0 Å². The van der Waals surface area contributed by atoms with E-state index in [9.17, 15) is 18.5 Å². The number of nitrogens with zero attached hydrogens (tertiary/aromatic N) is 3. The van der Waals surface area contributed by atoms with Gasteiger partial charge in [0.15, 0.2) is 0 Å². The number of sulfonamides is 1. The Morgan fingerprint density at radius 3 is 2.81 bits per heavy atom. The van der Waals surface area contributed by atoms with Gasteiger partial charge in [-0.3, -0.25) is 10.1 Å². The van der Waals surface area contributed by atoms with Crippen molar-refractivity contribution in [2.45, 2.75) is 11.8 Å². The fourth-order valence-electron chi connectivity index (χ4n) is 2.37. The summed E-state index contributed by atoms with van der Waals surface area (Å²) in [5.41, 5.74) is -0.132. The summed E-state index contributed by atoms with van der Waals surface area (Å²) in [6.45, 7) is 1.78. The van der Waals surface area contributed by atoms with Crippen LogP contribution in [0, 0.1) is 17.0 Å². The molecule has 0 bridgehead atoms. The minimum atomic E-state index is -3.95. The number of nitrogens with one attached hydrogen (secondary N) is 2. The quantitative estimate of drug-likeness (QED) is 0.337. The zero-order valence-corrected chi connectivity index (χ0v) is 16.4. The van der Waals surface area contributed by atoms with Crippen LogP contribution in [0.1, 0.15) is 5.56 Å². The maximum Gasteiger partial charge on any atom is 0.275 e. The molecular formula is C15H14ClN5O4S2. The van der Waals surface area contributed by atoms with Gasteiger partial charge in [0.1, 0.15) is 17.0 Å². The molecule has 0 radical (unpaired) electrons. The summed E-state index contributed by atoms with van der Waals surface area (Å²) in [6.07, 6.45) is 1.43. The van der Waals surface area contributed by atoms with Crippen molar-refractivity contribution in [2.75, 3.05) is 18.4 Å². The van der Waals surface area contributed by atoms with Gasteiger partial charge >= 0.3 is 0 Å². The standard InChI is InChI=1S/C15H14ClN5O4S2/c1-9-12(16)6-10(7-13(9)21(22)23)27(24,25)20-4-3-17-14-11-2-5-26-15(11)19-8-18-14/h2,5-8,20H,3-4H2,1H3,(H,17,18,19). The van der Waals surface area contributed by atoms with E-state index in [-0.39, 0.29) is 34.3 Å². The Balaban J connectivity index is 1.69. The first-order chi connectivity index (χ1) is 12.8. The van der Waals surface area contributed by atoms with Crippen LogP contribution in [0.3, 0.4) is 0 Å². The predicted molar refractivity (Wildman–Crippen MR) is 104 cm³/mol. The smallest absolute Gasteiger partial charge is 0.275 e. The predicted octanol–water partition coefficient (Wildman–Crippen LogP) is 2.95. The van der Waals surface area contributed by atoms with Crippen LogP contribution in [0.25, 0.3) is 10.2 Å². The highest BCUT2D eigenvalue weighted by atomic mass is 35.5. The SMILES string of the molecule is Cc1c(Cl)cc(S(=O)(=O)NCCNc2ncnc3sccc23)cc1[N+](=O)[O-]. The van der Waals surface area contributed by atoms with Crippen LogP contribution >= 0.6 is 22.9 Å². The molecular weight excluding hydrogens is 414 g/mol. The number of anilines is 1. The Morgan fingerprint density at radius 2 is 2.07 bits per heavy atom. The molecule has 12 heteroatoms. The fourth-order valence-corrected chi connectivity index (χ4v) is 4.45. The van der Waals surface area contributed by atoms with E-state index in [2.05, 4.69) is 20.0 Å². The Morgan fingerprint density at radius 1 is 1.30 bits per heavy atom. The summed E-state index contributed by atoms with van der Waals surface area (Å²) >= 11 is 7.41. The molecule has 0 aliphatic rings. The number of thiophene rings is 1. The number of hydrogen-bond donors (Lipinski definition) is 2. The molecule has 3 rings (SSSR count). The Kier molecular flexibility index (Phi) is 5.56. The van der Waals surface area contributed by atoms with E-state index in [4.69, 9.17) is 11.6 Å². The van der Waals surface area contributed by atoms with Gasteiger partial charge in [-0.05, 0) is 24.4 Å². The van der Waals surface area contributed by atoms with E-state index in [1.54, 1.807) is 0 Å². The summed E-state index contributed by atoms with van der Waals surface area (Å²) in [5, 5.41) is 16.9. The number of benzene rings is 1. The molecule has 0 amide bonds. The maximum atomic E-state index is 12.4. The van der Waals surface area contributed by atoms with Crippen molar-refractivity contribution in [1.82, 2.24) is 14.7 Å². The van der Waals surface area contributed by atoms with E-state index in [0.29, 0.717) is 5.82 Å². The van der Waals surface area contributed by atoms with Crippen molar-refractivity contribution in [2.24, 2.45) is 0 Å². The van der Waals surface area contributed by atoms with Crippen LogP contribution < -0.4 is 10.0 Å². The fraction of sp³-hybridized carbons (Fsp3) is 0.200. The first kappa shape index (κ1) is 19.4. The van der Waals surface area contributed by atoms with Gasteiger partial charge in [-0.1, -0.05) is 11.6 Å². The largest absolute Gasteiger partial charge is 0.368 e. The van der Waals surface area contributed by atoms with E-state index < -0.39 is 14.9 Å². The topological polar surface area (TPSA) is 127 Å². The van der Waals surface area contributed by atoms with Gasteiger partial charge in [-0.25, -0.2) is 23.1 Å². The minimum absolute atomic E-state index is 0.0172. The number of aromatic nitrogens is 2. The Bertz CT molecular complexity index is 1120. The third kappa shape index (κ3) is 4.16. The third-order valence-electron chi connectivity index (χ3n) is 3.77. The molecule has 3 aromatic rings. The van der Waals surface area contributed by atoms with E-state index in [1.807, 2.05) is 11.4 Å². The van der Waals surface area contributed by atoms with Gasteiger partial charge in [0.2, 0.25) is 10.0 Å². The van der Waals surface area contributed by atoms with Gasteiger partial charge < -0.3 is 5.32 Å². The van der Waals surface area contributed by atoms with Gasteiger partial charge in [0.05, 0.1) is 20.2 Å². The van der Waals surface area contributed by atoms with Crippen LogP contribution in [-0.4, -0.2) is 36.4 Å². The normalized spacial score (nSPS) is 11.6. The van der Waals surface area contributed by atoms with Crippen molar-refractivity contribution in [3.05, 3.63) is 50.6 Å². The first-order valence-electron chi connectivity index (χ1n) is 7.66. The average molecular weight is 428 g/mol. The Labute approximate surface area is 163 Å². The third-order valence-corrected chi connectivity index (χ3v) is 6.42. The number of rotatable bonds is 7. The van der Waals surface area contributed by atoms with Crippen molar-refractivity contribution in [3.63, 3.8) is 0 Å². The molecule has 0 fully saturated rings. The average Bonchev–Trinajstić information content (AvgIpc) is 3.10. The highest BCUT2D eigenvalue weighted by molar-refractivity contribution is 7.89. The second kappa shape index (κ2) is 7.72. The Hall–Kier alpha value is -2.34. The van der Waals surface area contributed by atoms with Crippen LogP contribution in [0.15, 0.2) is 34.8 Å². The molecule has 0 spiro atoms. The molecule has 2 N–H and O–H groups in total. The van der Waals surface area contributed by atoms with Crippen molar-refractivity contribution in [1.29, 1.82) is 0 Å². The lowest BCUT2D eigenvalue weighted by atomic mass is 10.2. The molecule has 27 heavy (non-hydrogen) atoms. The number of hydrogen-bond acceptors (Lipinski definition) is 8. The second-order valence-electron chi connectivity index (χ2n) is 5.49. The minimum Gasteiger partial charge on any atom is -0.368 e. The van der Waals surface area contributed by atoms with Gasteiger partial charge in [0.25, 0.3) is 5.69 Å². The van der Waals surface area contributed by atoms with Crippen molar-refractivity contribution in [3.8, 4) is 0 Å². The molecule has 9 nitrogen and oxygen atoms in total. The lowest BCUT2D eigenvalue weighted by Crippen LogP contribution is -2.29. The summed E-state index contributed by atoms with van der Waals surface area (Å²) in [4.78, 5) is 19.2. The summed E-state index contributed by atoms with van der Waals surface area (Å²) in [5.74, 6) is 0.606. The van der Waals surface area contributed by atoms with Gasteiger partial charge in [-0.15, -0.1) is 11.3 Å². The van der Waals surface area contributed by atoms with Crippen LogP contribution in [0.5, 0.6) is 0 Å². The van der Waals surface area contributed by atoms with Gasteiger partial charge in [-0.2, -0.15) is 0 Å². The highest BCUT2D eigenvalue weighted by Crippen LogP contribution is 2.29. The molecule has 142 valence electrons. The molecule has 0 aliphatic carbocycles. The van der Waals surface area contributed by atoms with E-state index in [1.165, 1.54) is 30.7 Å². The van der Waals surface area contributed by atoms with Crippen LogP contribution in [0.2, 0.25) is 5.02 Å². The number of nitro benzene ring substituents is 1. The summed E-state index contributed by atoms with van der Waals surface area (Å²) in [6, 6.07) is 4.06.